The molecular formula is C23H29N3O4S. The van der Waals surface area contributed by atoms with Crippen molar-refractivity contribution in [3.63, 3.8) is 0 Å². The molecule has 1 heterocycles. The standard InChI is InChI=1S/C23H29N3O4S/c1-17-20(23(28)24-2)7-6-8-21(17)25-22(27)14-11-18-9-12-19(13-10-18)31(29,30)26-15-4-3-5-16-26/h6-10,12-13H,3-5,11,14-16H2,1-2H3,(H,24,28)(H,25,27). The minimum absolute atomic E-state index is 0.165. The van der Waals surface area contributed by atoms with Crippen LogP contribution in [0.1, 0.15) is 47.2 Å². The van der Waals surface area contributed by atoms with Gasteiger partial charge in [0.05, 0.1) is 4.90 Å². The summed E-state index contributed by atoms with van der Waals surface area (Å²) in [5.74, 6) is -0.365. The number of piperidine rings is 1. The van der Waals surface area contributed by atoms with Crippen molar-refractivity contribution < 1.29 is 18.0 Å². The van der Waals surface area contributed by atoms with Crippen molar-refractivity contribution in [3.05, 3.63) is 59.2 Å². The number of aryl methyl sites for hydroxylation is 1. The highest BCUT2D eigenvalue weighted by Gasteiger charge is 2.25. The van der Waals surface area contributed by atoms with Crippen LogP contribution < -0.4 is 10.6 Å². The minimum atomic E-state index is -3.45. The number of rotatable bonds is 7. The van der Waals surface area contributed by atoms with Crippen LogP contribution in [0, 0.1) is 6.92 Å². The summed E-state index contributed by atoms with van der Waals surface area (Å²) in [6, 6.07) is 12.0. The third-order valence-corrected chi connectivity index (χ3v) is 7.51. The normalized spacial score (nSPS) is 14.8. The Morgan fingerprint density at radius 2 is 1.68 bits per heavy atom. The number of anilines is 1. The van der Waals surface area contributed by atoms with E-state index in [1.54, 1.807) is 60.7 Å². The molecule has 2 amide bonds. The summed E-state index contributed by atoms with van der Waals surface area (Å²) in [6.45, 7) is 2.94. The van der Waals surface area contributed by atoms with Crippen LogP contribution in [0.2, 0.25) is 0 Å². The summed E-state index contributed by atoms with van der Waals surface area (Å²) >= 11 is 0. The molecule has 1 saturated heterocycles. The molecule has 8 heteroatoms. The van der Waals surface area contributed by atoms with Gasteiger partial charge in [-0.2, -0.15) is 4.31 Å². The van der Waals surface area contributed by atoms with Crippen molar-refractivity contribution in [2.24, 2.45) is 0 Å². The highest BCUT2D eigenvalue weighted by Crippen LogP contribution is 2.22. The van der Waals surface area contributed by atoms with E-state index in [0.717, 1.165) is 24.8 Å². The maximum Gasteiger partial charge on any atom is 0.251 e. The van der Waals surface area contributed by atoms with Crippen LogP contribution in [0.25, 0.3) is 0 Å². The number of sulfonamides is 1. The van der Waals surface area contributed by atoms with Crippen LogP contribution in [-0.4, -0.2) is 44.7 Å². The molecule has 2 aromatic carbocycles. The Morgan fingerprint density at radius 3 is 2.32 bits per heavy atom. The van der Waals surface area contributed by atoms with Gasteiger partial charge >= 0.3 is 0 Å². The molecule has 0 spiro atoms. The van der Waals surface area contributed by atoms with Crippen LogP contribution in [0.5, 0.6) is 0 Å². The molecule has 7 nitrogen and oxygen atoms in total. The number of carbonyl (C=O) groups is 2. The minimum Gasteiger partial charge on any atom is -0.355 e. The first-order valence-corrected chi connectivity index (χ1v) is 12.0. The Bertz CT molecular complexity index is 1040. The maximum absolute atomic E-state index is 12.7. The van der Waals surface area contributed by atoms with E-state index in [1.807, 2.05) is 0 Å². The van der Waals surface area contributed by atoms with Crippen molar-refractivity contribution in [2.45, 2.75) is 43.9 Å². The Labute approximate surface area is 183 Å². The molecule has 166 valence electrons. The van der Waals surface area contributed by atoms with Crippen molar-refractivity contribution in [3.8, 4) is 0 Å². The molecule has 0 bridgehead atoms. The van der Waals surface area contributed by atoms with Gasteiger partial charge in [-0.3, -0.25) is 9.59 Å². The molecule has 0 atom stereocenters. The topological polar surface area (TPSA) is 95.6 Å². The summed E-state index contributed by atoms with van der Waals surface area (Å²) < 4.78 is 27.0. The van der Waals surface area contributed by atoms with Gasteiger partial charge in [-0.05, 0) is 61.6 Å². The zero-order chi connectivity index (χ0) is 22.4. The lowest BCUT2D eigenvalue weighted by atomic mass is 10.1. The number of benzene rings is 2. The first kappa shape index (κ1) is 23.0. The fourth-order valence-corrected chi connectivity index (χ4v) is 5.22. The summed E-state index contributed by atoms with van der Waals surface area (Å²) in [7, 11) is -1.88. The molecule has 1 aliphatic rings. The Hall–Kier alpha value is -2.71. The molecule has 1 fully saturated rings. The van der Waals surface area contributed by atoms with E-state index in [1.165, 1.54) is 0 Å². The highest BCUT2D eigenvalue weighted by atomic mass is 32.2. The predicted molar refractivity (Wildman–Crippen MR) is 121 cm³/mol. The van der Waals surface area contributed by atoms with Gasteiger partial charge < -0.3 is 10.6 Å². The van der Waals surface area contributed by atoms with Crippen LogP contribution in [0.4, 0.5) is 5.69 Å². The smallest absolute Gasteiger partial charge is 0.251 e. The first-order chi connectivity index (χ1) is 14.8. The van der Waals surface area contributed by atoms with Crippen molar-refractivity contribution >= 4 is 27.5 Å². The van der Waals surface area contributed by atoms with Crippen LogP contribution >= 0.6 is 0 Å². The SMILES string of the molecule is CNC(=O)c1cccc(NC(=O)CCc2ccc(S(=O)(=O)N3CCCCC3)cc2)c1C. The molecule has 3 rings (SSSR count). The van der Waals surface area contributed by atoms with Crippen LogP contribution in [0.3, 0.4) is 0 Å². The third kappa shape index (κ3) is 5.51. The molecule has 31 heavy (non-hydrogen) atoms. The highest BCUT2D eigenvalue weighted by molar-refractivity contribution is 7.89. The first-order valence-electron chi connectivity index (χ1n) is 10.5. The lowest BCUT2D eigenvalue weighted by Crippen LogP contribution is -2.35. The maximum atomic E-state index is 12.7. The van der Waals surface area contributed by atoms with Crippen molar-refractivity contribution in [2.75, 3.05) is 25.5 Å². The Balaban J connectivity index is 1.59. The van der Waals surface area contributed by atoms with Crippen LogP contribution in [0.15, 0.2) is 47.4 Å². The summed E-state index contributed by atoms with van der Waals surface area (Å²) in [4.78, 5) is 24.6. The number of hydrogen-bond donors (Lipinski definition) is 2. The van der Waals surface area contributed by atoms with Crippen molar-refractivity contribution in [1.82, 2.24) is 9.62 Å². The predicted octanol–water partition coefficient (Wildman–Crippen LogP) is 3.10. The number of carbonyl (C=O) groups excluding carboxylic acids is 2. The lowest BCUT2D eigenvalue weighted by molar-refractivity contribution is -0.116. The summed E-state index contributed by atoms with van der Waals surface area (Å²) in [5, 5.41) is 5.44. The second-order valence-electron chi connectivity index (χ2n) is 7.71. The zero-order valence-corrected chi connectivity index (χ0v) is 18.8. The van der Waals surface area contributed by atoms with Gasteiger partial charge in [0.25, 0.3) is 5.91 Å². The van der Waals surface area contributed by atoms with Crippen molar-refractivity contribution in [1.29, 1.82) is 0 Å². The molecule has 0 radical (unpaired) electrons. The van der Waals surface area contributed by atoms with Gasteiger partial charge in [0.15, 0.2) is 0 Å². The van der Waals surface area contributed by atoms with Gasteiger partial charge in [0.1, 0.15) is 0 Å². The molecule has 2 N–H and O–H groups in total. The van der Waals surface area contributed by atoms with E-state index < -0.39 is 10.0 Å². The quantitative estimate of drug-likeness (QED) is 0.687. The summed E-state index contributed by atoms with van der Waals surface area (Å²) in [6.07, 6.45) is 3.62. The average molecular weight is 444 g/mol. The van der Waals surface area contributed by atoms with Crippen LogP contribution in [-0.2, 0) is 21.2 Å². The van der Waals surface area contributed by atoms with E-state index in [-0.39, 0.29) is 18.2 Å². The fraction of sp³-hybridized carbons (Fsp3) is 0.391. The molecular weight excluding hydrogens is 414 g/mol. The second kappa shape index (κ2) is 10.1. The van der Waals surface area contributed by atoms with Gasteiger partial charge in [-0.1, -0.05) is 24.6 Å². The third-order valence-electron chi connectivity index (χ3n) is 5.60. The molecule has 0 aliphatic carbocycles. The van der Waals surface area contributed by atoms with Gasteiger partial charge in [0, 0.05) is 37.8 Å². The van der Waals surface area contributed by atoms with E-state index in [2.05, 4.69) is 10.6 Å². The monoisotopic (exact) mass is 443 g/mol. The molecule has 1 aliphatic heterocycles. The van der Waals surface area contributed by atoms with E-state index in [4.69, 9.17) is 0 Å². The molecule has 2 aromatic rings. The van der Waals surface area contributed by atoms with Gasteiger partial charge in [-0.25, -0.2) is 8.42 Å². The van der Waals surface area contributed by atoms with E-state index >= 15 is 0 Å². The number of amides is 2. The Morgan fingerprint density at radius 1 is 1.00 bits per heavy atom. The summed E-state index contributed by atoms with van der Waals surface area (Å²) in [5.41, 5.74) is 2.73. The molecule has 0 aromatic heterocycles. The molecule has 0 saturated carbocycles. The largest absolute Gasteiger partial charge is 0.355 e. The number of hydrogen-bond acceptors (Lipinski definition) is 4. The number of nitrogens with zero attached hydrogens (tertiary/aromatic N) is 1. The zero-order valence-electron chi connectivity index (χ0n) is 18.0. The average Bonchev–Trinajstić information content (AvgIpc) is 2.79. The Kier molecular flexibility index (Phi) is 7.46. The lowest BCUT2D eigenvalue weighted by Gasteiger charge is -2.25. The second-order valence-corrected chi connectivity index (χ2v) is 9.65. The van der Waals surface area contributed by atoms with E-state index in [0.29, 0.717) is 41.2 Å². The van der Waals surface area contributed by atoms with E-state index in [9.17, 15) is 18.0 Å². The number of nitrogens with one attached hydrogen (secondary N) is 2. The fourth-order valence-electron chi connectivity index (χ4n) is 3.70. The molecule has 0 unspecified atom stereocenters. The van der Waals surface area contributed by atoms with Gasteiger partial charge in [-0.15, -0.1) is 0 Å². The van der Waals surface area contributed by atoms with Gasteiger partial charge in [0.2, 0.25) is 15.9 Å².